The number of amides is 1. The van der Waals surface area contributed by atoms with Gasteiger partial charge in [0.15, 0.2) is 0 Å². The van der Waals surface area contributed by atoms with Crippen molar-refractivity contribution in [1.29, 1.82) is 0 Å². The summed E-state index contributed by atoms with van der Waals surface area (Å²) in [4.78, 5) is 14.9. The van der Waals surface area contributed by atoms with E-state index in [9.17, 15) is 13.2 Å². The quantitative estimate of drug-likeness (QED) is 0.714. The van der Waals surface area contributed by atoms with Crippen LogP contribution in [0.3, 0.4) is 0 Å². The van der Waals surface area contributed by atoms with E-state index in [0.29, 0.717) is 46.6 Å². The zero-order valence-corrected chi connectivity index (χ0v) is 17.5. The van der Waals surface area contributed by atoms with Gasteiger partial charge in [-0.05, 0) is 61.2 Å². The Morgan fingerprint density at radius 1 is 0.893 bits per heavy atom. The summed E-state index contributed by atoms with van der Waals surface area (Å²) in [5, 5.41) is 0.802. The molecule has 0 aromatic heterocycles. The molecule has 5 nitrogen and oxygen atoms in total. The van der Waals surface area contributed by atoms with Crippen molar-refractivity contribution in [1.82, 2.24) is 4.31 Å². The summed E-state index contributed by atoms with van der Waals surface area (Å²) in [7, 11) is -3.49. The molecular formula is C20H20Cl2N2O3S. The molecule has 2 aliphatic rings. The van der Waals surface area contributed by atoms with Crippen LogP contribution in [0.25, 0.3) is 0 Å². The van der Waals surface area contributed by atoms with Crippen LogP contribution in [0, 0.1) is 0 Å². The topological polar surface area (TPSA) is 57.7 Å². The predicted octanol–water partition coefficient (Wildman–Crippen LogP) is 4.37. The summed E-state index contributed by atoms with van der Waals surface area (Å²) in [6.07, 6.45) is 3.48. The molecule has 2 aromatic rings. The van der Waals surface area contributed by atoms with Crippen molar-refractivity contribution in [2.24, 2.45) is 0 Å². The Hall–Kier alpha value is -1.60. The molecule has 2 aliphatic heterocycles. The number of fused-ring (bicyclic) bond motifs is 1. The summed E-state index contributed by atoms with van der Waals surface area (Å²) in [5.74, 6) is -0.199. The Morgan fingerprint density at radius 3 is 2.25 bits per heavy atom. The van der Waals surface area contributed by atoms with Gasteiger partial charge in [0.1, 0.15) is 0 Å². The summed E-state index contributed by atoms with van der Waals surface area (Å²) >= 11 is 12.0. The average molecular weight is 439 g/mol. The number of anilines is 1. The number of carbonyl (C=O) groups excluding carboxylic acids is 1. The molecule has 2 aromatic carbocycles. The zero-order valence-electron chi connectivity index (χ0n) is 15.2. The number of hydrogen-bond donors (Lipinski definition) is 0. The van der Waals surface area contributed by atoms with Crippen LogP contribution in [0.15, 0.2) is 41.3 Å². The Balaban J connectivity index is 1.62. The maximum absolute atomic E-state index is 12.9. The number of piperidine rings is 1. The van der Waals surface area contributed by atoms with Crippen LogP contribution in [-0.4, -0.2) is 38.3 Å². The summed E-state index contributed by atoms with van der Waals surface area (Å²) in [6.45, 7) is 1.63. The van der Waals surface area contributed by atoms with E-state index in [1.54, 1.807) is 45.6 Å². The average Bonchev–Trinajstić information content (AvgIpc) is 3.10. The van der Waals surface area contributed by atoms with Gasteiger partial charge in [0, 0.05) is 40.9 Å². The molecule has 1 saturated heterocycles. The SMILES string of the molecule is O=C(c1cc(Cl)cc(Cl)c1)N1CCc2cc(S(=O)(=O)N3CCCCC3)ccc21. The zero-order chi connectivity index (χ0) is 19.9. The summed E-state index contributed by atoms with van der Waals surface area (Å²) in [6, 6.07) is 9.78. The number of halogens is 2. The van der Waals surface area contributed by atoms with E-state index in [1.165, 1.54) is 0 Å². The molecule has 1 amide bonds. The van der Waals surface area contributed by atoms with Gasteiger partial charge < -0.3 is 4.90 Å². The molecule has 28 heavy (non-hydrogen) atoms. The van der Waals surface area contributed by atoms with Gasteiger partial charge in [0.2, 0.25) is 10.0 Å². The first-order valence-electron chi connectivity index (χ1n) is 9.27. The van der Waals surface area contributed by atoms with E-state index in [0.717, 1.165) is 30.5 Å². The molecule has 148 valence electrons. The molecule has 0 unspecified atom stereocenters. The van der Waals surface area contributed by atoms with Crippen molar-refractivity contribution in [2.75, 3.05) is 24.5 Å². The lowest BCUT2D eigenvalue weighted by molar-refractivity contribution is 0.0989. The van der Waals surface area contributed by atoms with Gasteiger partial charge in [-0.1, -0.05) is 29.6 Å². The third kappa shape index (κ3) is 3.66. The first kappa shape index (κ1) is 19.7. The van der Waals surface area contributed by atoms with Crippen LogP contribution in [0.4, 0.5) is 5.69 Å². The van der Waals surface area contributed by atoms with Crippen molar-refractivity contribution in [3.8, 4) is 0 Å². The van der Waals surface area contributed by atoms with E-state index < -0.39 is 10.0 Å². The van der Waals surface area contributed by atoms with Crippen molar-refractivity contribution < 1.29 is 13.2 Å². The molecule has 0 radical (unpaired) electrons. The van der Waals surface area contributed by atoms with Crippen LogP contribution in [0.5, 0.6) is 0 Å². The van der Waals surface area contributed by atoms with Gasteiger partial charge in [-0.3, -0.25) is 4.79 Å². The highest BCUT2D eigenvalue weighted by atomic mass is 35.5. The van der Waals surface area contributed by atoms with E-state index >= 15 is 0 Å². The van der Waals surface area contributed by atoms with Crippen molar-refractivity contribution in [3.05, 3.63) is 57.6 Å². The van der Waals surface area contributed by atoms with Crippen molar-refractivity contribution in [3.63, 3.8) is 0 Å². The smallest absolute Gasteiger partial charge is 0.258 e. The molecule has 0 saturated carbocycles. The maximum Gasteiger partial charge on any atom is 0.258 e. The Bertz CT molecular complexity index is 1010. The summed E-state index contributed by atoms with van der Waals surface area (Å²) < 4.78 is 27.4. The minimum Gasteiger partial charge on any atom is -0.308 e. The second-order valence-electron chi connectivity index (χ2n) is 7.12. The summed E-state index contributed by atoms with van der Waals surface area (Å²) in [5.41, 5.74) is 2.01. The fourth-order valence-corrected chi connectivity index (χ4v) is 5.93. The molecule has 0 bridgehead atoms. The van der Waals surface area contributed by atoms with Gasteiger partial charge in [0.25, 0.3) is 5.91 Å². The Labute approximate surface area is 174 Å². The molecule has 2 heterocycles. The predicted molar refractivity (Wildman–Crippen MR) is 111 cm³/mol. The fraction of sp³-hybridized carbons (Fsp3) is 0.350. The van der Waals surface area contributed by atoms with Crippen LogP contribution in [-0.2, 0) is 16.4 Å². The first-order valence-corrected chi connectivity index (χ1v) is 11.5. The van der Waals surface area contributed by atoms with Crippen LogP contribution < -0.4 is 4.90 Å². The van der Waals surface area contributed by atoms with E-state index in [1.807, 2.05) is 0 Å². The van der Waals surface area contributed by atoms with Gasteiger partial charge in [0.05, 0.1) is 4.90 Å². The largest absolute Gasteiger partial charge is 0.308 e. The molecule has 1 fully saturated rings. The van der Waals surface area contributed by atoms with Gasteiger partial charge in [-0.25, -0.2) is 8.42 Å². The van der Waals surface area contributed by atoms with Gasteiger partial charge in [-0.2, -0.15) is 4.31 Å². The molecular weight excluding hydrogens is 419 g/mol. The molecule has 0 aliphatic carbocycles. The number of sulfonamides is 1. The number of benzene rings is 2. The number of nitrogens with zero attached hydrogens (tertiary/aromatic N) is 2. The van der Waals surface area contributed by atoms with E-state index in [4.69, 9.17) is 23.2 Å². The van der Waals surface area contributed by atoms with Crippen molar-refractivity contribution in [2.45, 2.75) is 30.6 Å². The second kappa shape index (κ2) is 7.67. The monoisotopic (exact) mass is 438 g/mol. The lowest BCUT2D eigenvalue weighted by Gasteiger charge is -2.26. The number of carbonyl (C=O) groups is 1. The fourth-order valence-electron chi connectivity index (χ4n) is 3.84. The van der Waals surface area contributed by atoms with Crippen LogP contribution in [0.2, 0.25) is 10.0 Å². The first-order chi connectivity index (χ1) is 13.4. The minimum atomic E-state index is -3.49. The number of hydrogen-bond acceptors (Lipinski definition) is 3. The van der Waals surface area contributed by atoms with E-state index in [-0.39, 0.29) is 5.91 Å². The molecule has 8 heteroatoms. The Kier molecular flexibility index (Phi) is 5.40. The molecule has 0 spiro atoms. The van der Waals surface area contributed by atoms with Gasteiger partial charge >= 0.3 is 0 Å². The minimum absolute atomic E-state index is 0.199. The number of rotatable bonds is 3. The highest BCUT2D eigenvalue weighted by Crippen LogP contribution is 2.33. The van der Waals surface area contributed by atoms with Gasteiger partial charge in [-0.15, -0.1) is 0 Å². The van der Waals surface area contributed by atoms with E-state index in [2.05, 4.69) is 0 Å². The van der Waals surface area contributed by atoms with Crippen molar-refractivity contribution >= 4 is 44.8 Å². The molecule has 4 rings (SSSR count). The third-order valence-corrected chi connectivity index (χ3v) is 7.59. The van der Waals surface area contributed by atoms with Crippen LogP contribution in [0.1, 0.15) is 35.2 Å². The Morgan fingerprint density at radius 2 is 1.57 bits per heavy atom. The molecule has 0 atom stereocenters. The standard InChI is InChI=1S/C20H20Cl2N2O3S/c21-16-10-15(11-17(22)13-16)20(25)24-9-6-14-12-18(4-5-19(14)24)28(26,27)23-7-2-1-3-8-23/h4-5,10-13H,1-3,6-9H2. The molecule has 0 N–H and O–H groups in total. The third-order valence-electron chi connectivity index (χ3n) is 5.25. The lowest BCUT2D eigenvalue weighted by Crippen LogP contribution is -2.35. The second-order valence-corrected chi connectivity index (χ2v) is 9.93. The lowest BCUT2D eigenvalue weighted by atomic mass is 10.1. The maximum atomic E-state index is 12.9. The highest BCUT2D eigenvalue weighted by molar-refractivity contribution is 7.89. The van der Waals surface area contributed by atoms with Crippen LogP contribution >= 0.6 is 23.2 Å². The highest BCUT2D eigenvalue weighted by Gasteiger charge is 2.30. The normalized spacial score (nSPS) is 17.6.